The summed E-state index contributed by atoms with van der Waals surface area (Å²) >= 11 is 0. The van der Waals surface area contributed by atoms with Crippen molar-refractivity contribution in [1.82, 2.24) is 14.8 Å². The maximum Gasteiger partial charge on any atom is 0.152 e. The van der Waals surface area contributed by atoms with Crippen LogP contribution in [0.3, 0.4) is 0 Å². The Labute approximate surface area is 71.2 Å². The minimum Gasteiger partial charge on any atom is -0.394 e. The Morgan fingerprint density at radius 1 is 1.75 bits per heavy atom. The van der Waals surface area contributed by atoms with Crippen LogP contribution in [-0.2, 0) is 6.54 Å². The van der Waals surface area contributed by atoms with Crippen LogP contribution in [0.25, 0.3) is 0 Å². The van der Waals surface area contributed by atoms with Gasteiger partial charge in [0.25, 0.3) is 0 Å². The van der Waals surface area contributed by atoms with E-state index in [-0.39, 0.29) is 6.61 Å². The summed E-state index contributed by atoms with van der Waals surface area (Å²) in [6, 6.07) is -0.418. The van der Waals surface area contributed by atoms with E-state index < -0.39 is 6.04 Å². The van der Waals surface area contributed by atoms with Gasteiger partial charge in [0.15, 0.2) is 5.82 Å². The molecule has 12 heavy (non-hydrogen) atoms. The predicted molar refractivity (Wildman–Crippen MR) is 44.3 cm³/mol. The highest BCUT2D eigenvalue weighted by Crippen LogP contribution is 2.05. The average molecular weight is 170 g/mol. The monoisotopic (exact) mass is 170 g/mol. The van der Waals surface area contributed by atoms with Crippen molar-refractivity contribution < 1.29 is 5.11 Å². The van der Waals surface area contributed by atoms with Crippen LogP contribution >= 0.6 is 0 Å². The first-order valence-electron chi connectivity index (χ1n) is 4.03. The lowest BCUT2D eigenvalue weighted by atomic mass is 10.3. The summed E-state index contributed by atoms with van der Waals surface area (Å²) in [5, 5.41) is 16.4. The van der Waals surface area contributed by atoms with Crippen LogP contribution in [-0.4, -0.2) is 26.5 Å². The van der Waals surface area contributed by atoms with Crippen LogP contribution in [0.15, 0.2) is 6.33 Å². The number of aryl methyl sites for hydroxylation is 1. The van der Waals surface area contributed by atoms with E-state index in [1.807, 2.05) is 4.57 Å². The Bertz CT molecular complexity index is 235. The van der Waals surface area contributed by atoms with Gasteiger partial charge < -0.3 is 15.4 Å². The number of aliphatic hydroxyl groups is 1. The highest BCUT2D eigenvalue weighted by molar-refractivity contribution is 4.93. The number of hydrogen-bond acceptors (Lipinski definition) is 4. The van der Waals surface area contributed by atoms with Gasteiger partial charge in [-0.25, -0.2) is 0 Å². The van der Waals surface area contributed by atoms with Crippen LogP contribution in [0.4, 0.5) is 0 Å². The maximum atomic E-state index is 8.79. The molecule has 1 rings (SSSR count). The lowest BCUT2D eigenvalue weighted by molar-refractivity contribution is 0.260. The van der Waals surface area contributed by atoms with Crippen LogP contribution < -0.4 is 5.73 Å². The molecule has 1 aromatic heterocycles. The Hall–Kier alpha value is -0.940. The summed E-state index contributed by atoms with van der Waals surface area (Å²) < 4.78 is 1.86. The highest BCUT2D eigenvalue weighted by Gasteiger charge is 2.11. The first-order chi connectivity index (χ1) is 5.79. The molecular weight excluding hydrogens is 156 g/mol. The topological polar surface area (TPSA) is 77.0 Å². The van der Waals surface area contributed by atoms with E-state index in [0.29, 0.717) is 5.82 Å². The van der Waals surface area contributed by atoms with Crippen molar-refractivity contribution in [2.24, 2.45) is 5.73 Å². The molecule has 1 heterocycles. The van der Waals surface area contributed by atoms with E-state index in [0.717, 1.165) is 13.0 Å². The normalized spacial score (nSPS) is 13.2. The fraction of sp³-hybridized carbons (Fsp3) is 0.714. The largest absolute Gasteiger partial charge is 0.394 e. The molecule has 5 heteroatoms. The zero-order valence-corrected chi connectivity index (χ0v) is 7.14. The molecule has 0 fully saturated rings. The maximum absolute atomic E-state index is 8.79. The molecule has 68 valence electrons. The molecule has 3 N–H and O–H groups in total. The Morgan fingerprint density at radius 3 is 3.08 bits per heavy atom. The van der Waals surface area contributed by atoms with Gasteiger partial charge in [0.05, 0.1) is 12.6 Å². The van der Waals surface area contributed by atoms with Crippen molar-refractivity contribution in [3.63, 3.8) is 0 Å². The summed E-state index contributed by atoms with van der Waals surface area (Å²) in [5.74, 6) is 0.652. The standard InChI is InChI=1S/C7H14N4O/c1-2-3-11-5-9-10-7(11)6(8)4-12/h5-6,12H,2-4,8H2,1H3. The predicted octanol–water partition coefficient (Wildman–Crippen LogP) is -0.320. The number of nitrogens with two attached hydrogens (primary N) is 1. The summed E-state index contributed by atoms with van der Waals surface area (Å²) in [6.45, 7) is 2.81. The molecule has 1 aromatic rings. The van der Waals surface area contributed by atoms with Gasteiger partial charge in [-0.3, -0.25) is 0 Å². The van der Waals surface area contributed by atoms with Crippen molar-refractivity contribution in [2.75, 3.05) is 6.61 Å². The Balaban J connectivity index is 2.76. The van der Waals surface area contributed by atoms with Crippen molar-refractivity contribution in [2.45, 2.75) is 25.9 Å². The molecule has 0 aromatic carbocycles. The Kier molecular flexibility index (Phi) is 3.19. The molecule has 0 saturated carbocycles. The van der Waals surface area contributed by atoms with Gasteiger partial charge in [0, 0.05) is 6.54 Å². The SMILES string of the molecule is CCCn1cnnc1C(N)CO. The van der Waals surface area contributed by atoms with Crippen LogP contribution in [0.1, 0.15) is 25.2 Å². The lowest BCUT2D eigenvalue weighted by Crippen LogP contribution is -2.19. The second-order valence-corrected chi connectivity index (χ2v) is 2.67. The molecule has 5 nitrogen and oxygen atoms in total. The summed E-state index contributed by atoms with van der Waals surface area (Å²) in [4.78, 5) is 0. The lowest BCUT2D eigenvalue weighted by Gasteiger charge is -2.08. The van der Waals surface area contributed by atoms with Gasteiger partial charge in [0.1, 0.15) is 6.33 Å². The smallest absolute Gasteiger partial charge is 0.152 e. The fourth-order valence-electron chi connectivity index (χ4n) is 1.05. The summed E-state index contributed by atoms with van der Waals surface area (Å²) in [5.41, 5.74) is 5.60. The number of nitrogens with zero attached hydrogens (tertiary/aromatic N) is 3. The molecule has 0 saturated heterocycles. The van der Waals surface area contributed by atoms with E-state index in [1.54, 1.807) is 6.33 Å². The second-order valence-electron chi connectivity index (χ2n) is 2.67. The van der Waals surface area contributed by atoms with E-state index >= 15 is 0 Å². The second kappa shape index (κ2) is 4.18. The van der Waals surface area contributed by atoms with Gasteiger partial charge in [-0.1, -0.05) is 6.92 Å². The highest BCUT2D eigenvalue weighted by atomic mass is 16.3. The number of rotatable bonds is 4. The van der Waals surface area contributed by atoms with Crippen molar-refractivity contribution in [3.05, 3.63) is 12.2 Å². The minimum atomic E-state index is -0.418. The molecule has 0 aliphatic rings. The van der Waals surface area contributed by atoms with Crippen molar-refractivity contribution >= 4 is 0 Å². The molecule has 0 amide bonds. The molecule has 0 radical (unpaired) electrons. The average Bonchev–Trinajstić information content (AvgIpc) is 2.52. The van der Waals surface area contributed by atoms with E-state index in [2.05, 4.69) is 17.1 Å². The molecular formula is C7H14N4O. The van der Waals surface area contributed by atoms with Crippen molar-refractivity contribution in [3.8, 4) is 0 Å². The summed E-state index contributed by atoms with van der Waals surface area (Å²) in [6.07, 6.45) is 2.64. The molecule has 1 unspecified atom stereocenters. The fourth-order valence-corrected chi connectivity index (χ4v) is 1.05. The third-order valence-electron chi connectivity index (χ3n) is 1.64. The van der Waals surface area contributed by atoms with E-state index in [4.69, 9.17) is 10.8 Å². The first-order valence-corrected chi connectivity index (χ1v) is 4.03. The zero-order valence-electron chi connectivity index (χ0n) is 7.14. The van der Waals surface area contributed by atoms with Gasteiger partial charge in [0.2, 0.25) is 0 Å². The number of aliphatic hydroxyl groups excluding tert-OH is 1. The van der Waals surface area contributed by atoms with Crippen LogP contribution in [0, 0.1) is 0 Å². The van der Waals surface area contributed by atoms with E-state index in [1.165, 1.54) is 0 Å². The quantitative estimate of drug-likeness (QED) is 0.649. The molecule has 1 atom stereocenters. The van der Waals surface area contributed by atoms with Crippen LogP contribution in [0.5, 0.6) is 0 Å². The Morgan fingerprint density at radius 2 is 2.50 bits per heavy atom. The van der Waals surface area contributed by atoms with Gasteiger partial charge in [-0.2, -0.15) is 0 Å². The zero-order chi connectivity index (χ0) is 8.97. The van der Waals surface area contributed by atoms with Gasteiger partial charge in [-0.15, -0.1) is 10.2 Å². The third-order valence-corrected chi connectivity index (χ3v) is 1.64. The third kappa shape index (κ3) is 1.80. The summed E-state index contributed by atoms with van der Waals surface area (Å²) in [7, 11) is 0. The van der Waals surface area contributed by atoms with Crippen LogP contribution in [0.2, 0.25) is 0 Å². The molecule has 0 aliphatic heterocycles. The molecule has 0 bridgehead atoms. The van der Waals surface area contributed by atoms with E-state index in [9.17, 15) is 0 Å². The van der Waals surface area contributed by atoms with Gasteiger partial charge in [-0.05, 0) is 6.42 Å². The minimum absolute atomic E-state index is 0.0948. The molecule has 0 aliphatic carbocycles. The number of aromatic nitrogens is 3. The number of hydrogen-bond donors (Lipinski definition) is 2. The van der Waals surface area contributed by atoms with Gasteiger partial charge >= 0.3 is 0 Å². The first kappa shape index (κ1) is 9.15. The molecule has 0 spiro atoms. The van der Waals surface area contributed by atoms with Crippen molar-refractivity contribution in [1.29, 1.82) is 0 Å².